The number of nitrogens with one attached hydrogen (secondary N) is 2. The molecule has 4 heterocycles. The van der Waals surface area contributed by atoms with Crippen LogP contribution in [0, 0.1) is 0 Å². The zero-order chi connectivity index (χ0) is 26.8. The SMILES string of the molecule is NC(=O)c1ncc(N2CCCC(N3CCN(C4CCCC4)C3=O)C2)nc1Nc1ccc(C2CCNCC2)cc1. The van der Waals surface area contributed by atoms with Crippen molar-refractivity contribution in [2.24, 2.45) is 5.73 Å². The molecule has 4 aliphatic rings. The number of benzene rings is 1. The van der Waals surface area contributed by atoms with Gasteiger partial charge in [-0.1, -0.05) is 25.0 Å². The fourth-order valence-electron chi connectivity index (χ4n) is 6.81. The molecule has 3 saturated heterocycles. The lowest BCUT2D eigenvalue weighted by atomic mass is 9.90. The zero-order valence-corrected chi connectivity index (χ0v) is 22.6. The van der Waals surface area contributed by atoms with E-state index in [1.54, 1.807) is 6.20 Å². The Bertz CT molecular complexity index is 1180. The van der Waals surface area contributed by atoms with Crippen molar-refractivity contribution >= 4 is 29.3 Å². The van der Waals surface area contributed by atoms with E-state index in [1.165, 1.54) is 18.4 Å². The van der Waals surface area contributed by atoms with Crippen LogP contribution in [-0.2, 0) is 0 Å². The molecule has 0 bridgehead atoms. The van der Waals surface area contributed by atoms with Crippen molar-refractivity contribution in [2.45, 2.75) is 69.4 Å². The van der Waals surface area contributed by atoms with Gasteiger partial charge in [-0.25, -0.2) is 14.8 Å². The lowest BCUT2D eigenvalue weighted by molar-refractivity contribution is 0.0996. The average Bonchev–Trinajstić information content (AvgIpc) is 3.64. The number of amides is 3. The summed E-state index contributed by atoms with van der Waals surface area (Å²) in [4.78, 5) is 41.0. The highest BCUT2D eigenvalue weighted by Crippen LogP contribution is 2.31. The normalized spacial score (nSPS) is 23.0. The Morgan fingerprint density at radius 3 is 2.33 bits per heavy atom. The predicted molar refractivity (Wildman–Crippen MR) is 151 cm³/mol. The molecule has 1 saturated carbocycles. The number of primary amides is 1. The molecular weight excluding hydrogens is 492 g/mol. The van der Waals surface area contributed by atoms with Crippen LogP contribution in [0.25, 0.3) is 0 Å². The number of carbonyl (C=O) groups is 2. The number of piperidine rings is 2. The Morgan fingerprint density at radius 1 is 0.923 bits per heavy atom. The molecule has 1 aliphatic carbocycles. The highest BCUT2D eigenvalue weighted by Gasteiger charge is 2.39. The Balaban J connectivity index is 1.16. The molecule has 6 rings (SSSR count). The van der Waals surface area contributed by atoms with Gasteiger partial charge in [-0.2, -0.15) is 0 Å². The minimum Gasteiger partial charge on any atom is -0.364 e. The van der Waals surface area contributed by atoms with Gasteiger partial charge >= 0.3 is 6.03 Å². The largest absolute Gasteiger partial charge is 0.364 e. The Kier molecular flexibility index (Phi) is 7.54. The van der Waals surface area contributed by atoms with Gasteiger partial charge < -0.3 is 31.1 Å². The van der Waals surface area contributed by atoms with Crippen molar-refractivity contribution in [1.82, 2.24) is 25.1 Å². The third-order valence-corrected chi connectivity index (χ3v) is 8.98. The number of anilines is 3. The van der Waals surface area contributed by atoms with E-state index in [1.807, 2.05) is 12.1 Å². The molecule has 208 valence electrons. The van der Waals surface area contributed by atoms with E-state index in [0.29, 0.717) is 30.1 Å². The van der Waals surface area contributed by atoms with Crippen molar-refractivity contribution in [1.29, 1.82) is 0 Å². The maximum atomic E-state index is 13.3. The van der Waals surface area contributed by atoms with Crippen molar-refractivity contribution in [2.75, 3.05) is 49.5 Å². The van der Waals surface area contributed by atoms with Crippen molar-refractivity contribution in [3.05, 3.63) is 41.7 Å². The molecule has 0 radical (unpaired) electrons. The topological polar surface area (TPSA) is 120 Å². The van der Waals surface area contributed by atoms with E-state index in [9.17, 15) is 9.59 Å². The minimum absolute atomic E-state index is 0.122. The molecular formula is C29H40N8O2. The lowest BCUT2D eigenvalue weighted by Gasteiger charge is -2.38. The molecule has 4 fully saturated rings. The molecule has 2 aromatic rings. The van der Waals surface area contributed by atoms with Gasteiger partial charge in [-0.05, 0) is 75.2 Å². The van der Waals surface area contributed by atoms with Gasteiger partial charge in [-0.3, -0.25) is 4.79 Å². The van der Waals surface area contributed by atoms with Crippen LogP contribution in [-0.4, -0.2) is 83.1 Å². The van der Waals surface area contributed by atoms with Crippen molar-refractivity contribution in [3.63, 3.8) is 0 Å². The third kappa shape index (κ3) is 5.52. The highest BCUT2D eigenvalue weighted by molar-refractivity contribution is 5.96. The van der Waals surface area contributed by atoms with Crippen LogP contribution in [0.2, 0.25) is 0 Å². The monoisotopic (exact) mass is 532 g/mol. The molecule has 1 aromatic heterocycles. The maximum absolute atomic E-state index is 13.3. The summed E-state index contributed by atoms with van der Waals surface area (Å²) in [5.41, 5.74) is 7.95. The van der Waals surface area contributed by atoms with E-state index in [0.717, 1.165) is 76.9 Å². The Hall–Kier alpha value is -3.40. The summed E-state index contributed by atoms with van der Waals surface area (Å²) < 4.78 is 0. The summed E-state index contributed by atoms with van der Waals surface area (Å²) >= 11 is 0. The second-order valence-electron chi connectivity index (χ2n) is 11.4. The molecule has 1 aromatic carbocycles. The number of aromatic nitrogens is 2. The molecule has 10 nitrogen and oxygen atoms in total. The second kappa shape index (κ2) is 11.4. The van der Waals surface area contributed by atoms with Crippen molar-refractivity contribution < 1.29 is 9.59 Å². The van der Waals surface area contributed by atoms with Gasteiger partial charge in [0.25, 0.3) is 5.91 Å². The minimum atomic E-state index is -0.617. The number of hydrogen-bond donors (Lipinski definition) is 3. The zero-order valence-electron chi connectivity index (χ0n) is 22.6. The van der Waals surface area contributed by atoms with E-state index in [-0.39, 0.29) is 17.8 Å². The van der Waals surface area contributed by atoms with E-state index in [2.05, 4.69) is 42.5 Å². The molecule has 1 atom stereocenters. The number of hydrogen-bond acceptors (Lipinski definition) is 7. The van der Waals surface area contributed by atoms with Gasteiger partial charge in [0.05, 0.1) is 12.2 Å². The maximum Gasteiger partial charge on any atom is 0.320 e. The summed E-state index contributed by atoms with van der Waals surface area (Å²) in [6, 6.07) is 9.11. The van der Waals surface area contributed by atoms with Crippen LogP contribution >= 0.6 is 0 Å². The predicted octanol–water partition coefficient (Wildman–Crippen LogP) is 3.44. The van der Waals surface area contributed by atoms with E-state index < -0.39 is 5.91 Å². The van der Waals surface area contributed by atoms with Gasteiger partial charge in [0.1, 0.15) is 5.82 Å². The molecule has 39 heavy (non-hydrogen) atoms. The van der Waals surface area contributed by atoms with Crippen LogP contribution in [0.5, 0.6) is 0 Å². The number of rotatable bonds is 7. The van der Waals surface area contributed by atoms with Crippen LogP contribution < -0.4 is 21.3 Å². The number of nitrogens with zero attached hydrogens (tertiary/aromatic N) is 5. The Morgan fingerprint density at radius 2 is 1.62 bits per heavy atom. The first-order valence-corrected chi connectivity index (χ1v) is 14.6. The van der Waals surface area contributed by atoms with Gasteiger partial charge in [0.2, 0.25) is 0 Å². The first-order valence-electron chi connectivity index (χ1n) is 14.6. The summed E-state index contributed by atoms with van der Waals surface area (Å²) in [5.74, 6) is 1.01. The van der Waals surface area contributed by atoms with E-state index >= 15 is 0 Å². The quantitative estimate of drug-likeness (QED) is 0.500. The number of urea groups is 1. The number of carbonyl (C=O) groups excluding carboxylic acids is 2. The number of nitrogens with two attached hydrogens (primary N) is 1. The summed E-state index contributed by atoms with van der Waals surface area (Å²) in [5, 5.41) is 6.70. The molecule has 0 spiro atoms. The molecule has 1 unspecified atom stereocenters. The fraction of sp³-hybridized carbons (Fsp3) is 0.586. The highest BCUT2D eigenvalue weighted by atomic mass is 16.2. The molecule has 10 heteroatoms. The summed E-state index contributed by atoms with van der Waals surface area (Å²) in [6.07, 6.45) is 10.6. The summed E-state index contributed by atoms with van der Waals surface area (Å²) in [7, 11) is 0. The average molecular weight is 533 g/mol. The molecule has 3 aliphatic heterocycles. The van der Waals surface area contributed by atoms with Crippen molar-refractivity contribution in [3.8, 4) is 0 Å². The van der Waals surface area contributed by atoms with Gasteiger partial charge in [0, 0.05) is 37.9 Å². The van der Waals surface area contributed by atoms with Crippen LogP contribution in [0.4, 0.5) is 22.1 Å². The second-order valence-corrected chi connectivity index (χ2v) is 11.4. The lowest BCUT2D eigenvalue weighted by Crippen LogP contribution is -2.50. The van der Waals surface area contributed by atoms with Gasteiger partial charge in [-0.15, -0.1) is 0 Å². The van der Waals surface area contributed by atoms with E-state index in [4.69, 9.17) is 10.7 Å². The smallest absolute Gasteiger partial charge is 0.320 e. The summed E-state index contributed by atoms with van der Waals surface area (Å²) in [6.45, 7) is 5.27. The first-order chi connectivity index (χ1) is 19.1. The third-order valence-electron chi connectivity index (χ3n) is 8.98. The van der Waals surface area contributed by atoms with Crippen LogP contribution in [0.15, 0.2) is 30.5 Å². The van der Waals surface area contributed by atoms with Crippen LogP contribution in [0.1, 0.15) is 73.3 Å². The molecule has 3 amide bonds. The fourth-order valence-corrected chi connectivity index (χ4v) is 6.81. The first kappa shape index (κ1) is 25.9. The van der Waals surface area contributed by atoms with Crippen LogP contribution in [0.3, 0.4) is 0 Å². The van der Waals surface area contributed by atoms with Gasteiger partial charge in [0.15, 0.2) is 11.5 Å². The standard InChI is InChI=1S/C29H40N8O2/c30-27(38)26-28(33-22-9-7-20(8-10-22)21-11-13-31-14-12-21)34-25(18-32-26)35-15-3-6-24(19-35)37-17-16-36(29(37)39)23-4-1-2-5-23/h7-10,18,21,23-24,31H,1-6,11-17,19H2,(H2,30,38)(H,33,34). The Labute approximate surface area is 230 Å². The molecule has 4 N–H and O–H groups in total.